The number of halogens is 4. The predicted molar refractivity (Wildman–Crippen MR) is 76.1 cm³/mol. The maximum atomic E-state index is 12.5. The van der Waals surface area contributed by atoms with Gasteiger partial charge in [-0.2, -0.15) is 13.2 Å². The van der Waals surface area contributed by atoms with Gasteiger partial charge < -0.3 is 5.73 Å². The van der Waals surface area contributed by atoms with Crippen molar-refractivity contribution in [2.75, 3.05) is 6.54 Å². The first kappa shape index (κ1) is 17.7. The average molecular weight is 330 g/mol. The molecule has 2 unspecified atom stereocenters. The molecule has 0 amide bonds. The van der Waals surface area contributed by atoms with Crippen LogP contribution in [0.1, 0.15) is 36.1 Å². The third-order valence-corrected chi connectivity index (χ3v) is 4.45. The van der Waals surface area contributed by atoms with Crippen LogP contribution in [0.3, 0.4) is 0 Å². The first-order valence-corrected chi connectivity index (χ1v) is 7.21. The minimum Gasteiger partial charge on any atom is -0.327 e. The Morgan fingerprint density at radius 2 is 2.20 bits per heavy atom. The molecule has 1 aromatic rings. The molecule has 1 fully saturated rings. The predicted octanol–water partition coefficient (Wildman–Crippen LogP) is 3.29. The molecular formula is C12H19ClF3N3S. The molecule has 1 aliphatic heterocycles. The fraction of sp³-hybridized carbons (Fsp3) is 0.750. The van der Waals surface area contributed by atoms with Crippen molar-refractivity contribution < 1.29 is 13.2 Å². The van der Waals surface area contributed by atoms with Crippen molar-refractivity contribution in [3.8, 4) is 0 Å². The van der Waals surface area contributed by atoms with Crippen LogP contribution in [0.4, 0.5) is 13.2 Å². The molecule has 2 N–H and O–H groups in total. The summed E-state index contributed by atoms with van der Waals surface area (Å²) in [5, 5.41) is -0.767. The van der Waals surface area contributed by atoms with E-state index in [0.29, 0.717) is 11.4 Å². The molecule has 3 nitrogen and oxygen atoms in total. The van der Waals surface area contributed by atoms with Gasteiger partial charge in [-0.25, -0.2) is 4.98 Å². The molecule has 0 aromatic carbocycles. The Balaban J connectivity index is 0.00000200. The van der Waals surface area contributed by atoms with Crippen LogP contribution >= 0.6 is 23.7 Å². The van der Waals surface area contributed by atoms with E-state index in [2.05, 4.69) is 9.88 Å². The highest BCUT2D eigenvalue weighted by molar-refractivity contribution is 7.11. The van der Waals surface area contributed by atoms with Crippen LogP contribution in [0.2, 0.25) is 0 Å². The lowest BCUT2D eigenvalue weighted by atomic mass is 9.97. The maximum Gasteiger partial charge on any atom is 0.443 e. The Morgan fingerprint density at radius 3 is 2.75 bits per heavy atom. The van der Waals surface area contributed by atoms with E-state index in [0.717, 1.165) is 37.1 Å². The summed E-state index contributed by atoms with van der Waals surface area (Å²) in [4.78, 5) is 6.29. The van der Waals surface area contributed by atoms with Gasteiger partial charge in [0.25, 0.3) is 0 Å². The first-order chi connectivity index (χ1) is 8.88. The van der Waals surface area contributed by atoms with Crippen LogP contribution in [0.15, 0.2) is 6.20 Å². The number of alkyl halides is 3. The molecular weight excluding hydrogens is 311 g/mol. The number of nitrogens with zero attached hydrogens (tertiary/aromatic N) is 2. The number of rotatable bonds is 3. The van der Waals surface area contributed by atoms with Gasteiger partial charge in [0.1, 0.15) is 0 Å². The highest BCUT2D eigenvalue weighted by Gasteiger charge is 2.35. The van der Waals surface area contributed by atoms with Crippen LogP contribution in [0.5, 0.6) is 0 Å². The van der Waals surface area contributed by atoms with Gasteiger partial charge in [-0.15, -0.1) is 23.7 Å². The van der Waals surface area contributed by atoms with Crippen LogP contribution in [-0.2, 0) is 12.7 Å². The van der Waals surface area contributed by atoms with E-state index in [-0.39, 0.29) is 24.5 Å². The van der Waals surface area contributed by atoms with E-state index in [4.69, 9.17) is 5.73 Å². The van der Waals surface area contributed by atoms with Gasteiger partial charge in [-0.3, -0.25) is 4.90 Å². The van der Waals surface area contributed by atoms with Crippen molar-refractivity contribution in [3.63, 3.8) is 0 Å². The van der Waals surface area contributed by atoms with E-state index in [9.17, 15) is 13.2 Å². The molecule has 0 radical (unpaired) electrons. The van der Waals surface area contributed by atoms with E-state index in [1.165, 1.54) is 6.20 Å². The molecule has 20 heavy (non-hydrogen) atoms. The number of aromatic nitrogens is 1. The van der Waals surface area contributed by atoms with Gasteiger partial charge in [0, 0.05) is 29.7 Å². The molecule has 1 aromatic heterocycles. The van der Waals surface area contributed by atoms with Crippen LogP contribution in [-0.4, -0.2) is 28.5 Å². The lowest BCUT2D eigenvalue weighted by molar-refractivity contribution is -0.137. The van der Waals surface area contributed by atoms with Gasteiger partial charge in [-0.05, 0) is 26.3 Å². The zero-order chi connectivity index (χ0) is 14.0. The quantitative estimate of drug-likeness (QED) is 0.925. The van der Waals surface area contributed by atoms with Gasteiger partial charge in [0.15, 0.2) is 5.01 Å². The van der Waals surface area contributed by atoms with E-state index in [1.807, 2.05) is 6.92 Å². The molecule has 2 atom stereocenters. The highest BCUT2D eigenvalue weighted by atomic mass is 35.5. The summed E-state index contributed by atoms with van der Waals surface area (Å²) in [6.45, 7) is 3.36. The summed E-state index contributed by atoms with van der Waals surface area (Å²) >= 11 is 0.729. The van der Waals surface area contributed by atoms with E-state index >= 15 is 0 Å². The summed E-state index contributed by atoms with van der Waals surface area (Å²) < 4.78 is 37.5. The molecule has 0 saturated carbocycles. The molecule has 8 heteroatoms. The molecule has 1 aliphatic rings. The standard InChI is InChI=1S/C12H18F3N3S.ClH/c1-8(16)10-4-2-3-5-18(10)7-9-6-17-11(19-9)12(13,14)15;/h6,8,10H,2-5,7,16H2,1H3;1H. The third-order valence-electron chi connectivity index (χ3n) is 3.43. The summed E-state index contributed by atoms with van der Waals surface area (Å²) in [5.74, 6) is 0. The van der Waals surface area contributed by atoms with Gasteiger partial charge in [0.05, 0.1) is 0 Å². The molecule has 1 saturated heterocycles. The normalized spacial score (nSPS) is 22.4. The van der Waals surface area contributed by atoms with E-state index in [1.54, 1.807) is 0 Å². The molecule has 2 heterocycles. The molecule has 2 rings (SSSR count). The van der Waals surface area contributed by atoms with Crippen LogP contribution < -0.4 is 5.73 Å². The maximum absolute atomic E-state index is 12.5. The number of hydrogen-bond acceptors (Lipinski definition) is 4. The number of thiazole rings is 1. The number of piperidine rings is 1. The second-order valence-corrected chi connectivity index (χ2v) is 6.14. The zero-order valence-electron chi connectivity index (χ0n) is 11.2. The van der Waals surface area contributed by atoms with Crippen LogP contribution in [0, 0.1) is 0 Å². The number of nitrogens with two attached hydrogens (primary N) is 1. The lowest BCUT2D eigenvalue weighted by Crippen LogP contribution is -2.48. The average Bonchev–Trinajstić information content (AvgIpc) is 2.77. The Bertz CT molecular complexity index is 422. The second kappa shape index (κ2) is 7.06. The molecule has 0 spiro atoms. The largest absolute Gasteiger partial charge is 0.443 e. The minimum absolute atomic E-state index is 0. The Morgan fingerprint density at radius 1 is 1.50 bits per heavy atom. The Kier molecular flexibility index (Phi) is 6.25. The Labute approximate surface area is 126 Å². The van der Waals surface area contributed by atoms with Crippen molar-refractivity contribution in [2.24, 2.45) is 5.73 Å². The van der Waals surface area contributed by atoms with Crippen molar-refractivity contribution in [3.05, 3.63) is 16.1 Å². The van der Waals surface area contributed by atoms with Crippen molar-refractivity contribution >= 4 is 23.7 Å². The molecule has 0 bridgehead atoms. The topological polar surface area (TPSA) is 42.1 Å². The zero-order valence-corrected chi connectivity index (χ0v) is 12.8. The summed E-state index contributed by atoms with van der Waals surface area (Å²) in [6.07, 6.45) is 0.224. The monoisotopic (exact) mass is 329 g/mol. The van der Waals surface area contributed by atoms with Crippen molar-refractivity contribution in [1.29, 1.82) is 0 Å². The SMILES string of the molecule is CC(N)C1CCCCN1Cc1cnc(C(F)(F)F)s1.Cl. The highest BCUT2D eigenvalue weighted by Crippen LogP contribution is 2.33. The molecule has 116 valence electrons. The summed E-state index contributed by atoms with van der Waals surface area (Å²) in [6, 6.07) is 0.292. The first-order valence-electron chi connectivity index (χ1n) is 6.39. The number of hydrogen-bond donors (Lipinski definition) is 1. The fourth-order valence-corrected chi connectivity index (χ4v) is 3.33. The number of likely N-dealkylation sites (tertiary alicyclic amines) is 1. The van der Waals surface area contributed by atoms with Gasteiger partial charge >= 0.3 is 6.18 Å². The summed E-state index contributed by atoms with van der Waals surface area (Å²) in [7, 11) is 0. The minimum atomic E-state index is -4.34. The third kappa shape index (κ3) is 4.31. The van der Waals surface area contributed by atoms with Crippen molar-refractivity contribution in [1.82, 2.24) is 9.88 Å². The lowest BCUT2D eigenvalue weighted by Gasteiger charge is -2.37. The summed E-state index contributed by atoms with van der Waals surface area (Å²) in [5.41, 5.74) is 5.95. The molecule has 0 aliphatic carbocycles. The Hall–Kier alpha value is -0.370. The van der Waals surface area contributed by atoms with Gasteiger partial charge in [0.2, 0.25) is 0 Å². The van der Waals surface area contributed by atoms with Crippen LogP contribution in [0.25, 0.3) is 0 Å². The van der Waals surface area contributed by atoms with E-state index < -0.39 is 11.2 Å². The fourth-order valence-electron chi connectivity index (χ4n) is 2.52. The van der Waals surface area contributed by atoms with Crippen molar-refractivity contribution in [2.45, 2.75) is 51.0 Å². The smallest absolute Gasteiger partial charge is 0.327 e. The van der Waals surface area contributed by atoms with Gasteiger partial charge in [-0.1, -0.05) is 6.42 Å². The second-order valence-electron chi connectivity index (χ2n) is 5.02.